The molecule has 0 aliphatic carbocycles. The predicted octanol–water partition coefficient (Wildman–Crippen LogP) is 5.43. The zero-order valence-corrected chi connectivity index (χ0v) is 10.9. The monoisotopic (exact) mass is 206 g/mol. The molecule has 0 saturated carbocycles. The molecule has 0 unspecified atom stereocenters. The molecule has 0 spiro atoms. The molecule has 0 heteroatoms. The number of hydrogen-bond donors (Lipinski definition) is 0. The minimum Gasteiger partial charge on any atom is -0.103 e. The Morgan fingerprint density at radius 2 is 1.67 bits per heavy atom. The van der Waals surface area contributed by atoms with Gasteiger partial charge in [-0.15, -0.1) is 6.58 Å². The molecule has 0 radical (unpaired) electrons. The Hall–Kier alpha value is -0.780. The third-order valence-corrected chi connectivity index (χ3v) is 2.97. The highest BCUT2D eigenvalue weighted by Crippen LogP contribution is 2.16. The summed E-state index contributed by atoms with van der Waals surface area (Å²) in [5, 5.41) is 0. The van der Waals surface area contributed by atoms with Gasteiger partial charge in [-0.25, -0.2) is 0 Å². The second kappa shape index (κ2) is 8.52. The van der Waals surface area contributed by atoms with Gasteiger partial charge in [-0.2, -0.15) is 0 Å². The largest absolute Gasteiger partial charge is 0.103 e. The van der Waals surface area contributed by atoms with Crippen LogP contribution in [0.5, 0.6) is 0 Å². The molecular weight excluding hydrogens is 180 g/mol. The molecule has 0 aromatic heterocycles. The Bertz CT molecular complexity index is 237. The molecule has 0 nitrogen and oxygen atoms in total. The Morgan fingerprint density at radius 1 is 1.07 bits per heavy atom. The molecule has 0 heterocycles. The van der Waals surface area contributed by atoms with Crippen molar-refractivity contribution in [1.29, 1.82) is 0 Å². The molecule has 0 amide bonds. The van der Waals surface area contributed by atoms with Crippen molar-refractivity contribution < 1.29 is 0 Å². The van der Waals surface area contributed by atoms with E-state index in [0.717, 1.165) is 6.42 Å². The molecule has 0 bridgehead atoms. The van der Waals surface area contributed by atoms with Crippen molar-refractivity contribution in [3.8, 4) is 0 Å². The van der Waals surface area contributed by atoms with Gasteiger partial charge in [0.2, 0.25) is 0 Å². The second-order valence-corrected chi connectivity index (χ2v) is 4.43. The van der Waals surface area contributed by atoms with Gasteiger partial charge in [0.1, 0.15) is 0 Å². The fourth-order valence-electron chi connectivity index (χ4n) is 1.54. The van der Waals surface area contributed by atoms with Crippen LogP contribution in [0.4, 0.5) is 0 Å². The van der Waals surface area contributed by atoms with Gasteiger partial charge in [0.15, 0.2) is 0 Å². The molecule has 0 saturated heterocycles. The van der Waals surface area contributed by atoms with Crippen LogP contribution in [0.3, 0.4) is 0 Å². The highest BCUT2D eigenvalue weighted by atomic mass is 14.0. The maximum atomic E-state index is 3.78. The Labute approximate surface area is 95.8 Å². The minimum atomic E-state index is 1.05. The Balaban J connectivity index is 3.71. The van der Waals surface area contributed by atoms with Crippen molar-refractivity contribution in [2.45, 2.75) is 59.8 Å². The Morgan fingerprint density at radius 3 is 2.13 bits per heavy atom. The van der Waals surface area contributed by atoms with Crippen LogP contribution in [0.1, 0.15) is 59.8 Å². The van der Waals surface area contributed by atoms with E-state index in [2.05, 4.69) is 40.3 Å². The van der Waals surface area contributed by atoms with E-state index in [1.165, 1.54) is 36.8 Å². The van der Waals surface area contributed by atoms with Crippen LogP contribution < -0.4 is 0 Å². The Kier molecular flexibility index (Phi) is 8.08. The third kappa shape index (κ3) is 7.18. The summed E-state index contributed by atoms with van der Waals surface area (Å²) < 4.78 is 0. The summed E-state index contributed by atoms with van der Waals surface area (Å²) in [6, 6.07) is 0. The lowest BCUT2D eigenvalue weighted by atomic mass is 10.0. The van der Waals surface area contributed by atoms with E-state index in [4.69, 9.17) is 0 Å². The molecule has 0 aromatic carbocycles. The standard InChI is InChI=1S/C15H26/c1-6-10-15(7-2)12-9-8-11-14(5)13(3)4/h6-7H,1,8-12H2,2-5H3/b15-7-. The molecule has 0 aromatic rings. The smallest absolute Gasteiger partial charge is 0.0142 e. The average Bonchev–Trinajstić information content (AvgIpc) is 2.22. The van der Waals surface area contributed by atoms with Crippen LogP contribution in [0.2, 0.25) is 0 Å². The fourth-order valence-corrected chi connectivity index (χ4v) is 1.54. The summed E-state index contributed by atoms with van der Waals surface area (Å²) in [6.07, 6.45) is 10.4. The minimum absolute atomic E-state index is 1.05. The van der Waals surface area contributed by atoms with Crippen LogP contribution >= 0.6 is 0 Å². The van der Waals surface area contributed by atoms with Gasteiger partial charge in [-0.1, -0.05) is 28.9 Å². The van der Waals surface area contributed by atoms with E-state index in [1.807, 2.05) is 6.08 Å². The first-order chi connectivity index (χ1) is 7.11. The highest BCUT2D eigenvalue weighted by molar-refractivity contribution is 5.07. The van der Waals surface area contributed by atoms with E-state index >= 15 is 0 Å². The summed E-state index contributed by atoms with van der Waals surface area (Å²) in [5.74, 6) is 0. The average molecular weight is 206 g/mol. The first kappa shape index (κ1) is 14.2. The summed E-state index contributed by atoms with van der Waals surface area (Å²) in [6.45, 7) is 12.5. The summed E-state index contributed by atoms with van der Waals surface area (Å²) >= 11 is 0. The van der Waals surface area contributed by atoms with Crippen LogP contribution in [-0.2, 0) is 0 Å². The van der Waals surface area contributed by atoms with Gasteiger partial charge >= 0.3 is 0 Å². The van der Waals surface area contributed by atoms with E-state index in [0.29, 0.717) is 0 Å². The molecular formula is C15H26. The normalized spacial score (nSPS) is 11.3. The first-order valence-electron chi connectivity index (χ1n) is 5.99. The van der Waals surface area contributed by atoms with Crippen molar-refractivity contribution in [3.63, 3.8) is 0 Å². The summed E-state index contributed by atoms with van der Waals surface area (Å²) in [4.78, 5) is 0. The molecule has 86 valence electrons. The van der Waals surface area contributed by atoms with Gasteiger partial charge in [-0.3, -0.25) is 0 Å². The maximum Gasteiger partial charge on any atom is -0.0142 e. The number of unbranched alkanes of at least 4 members (excludes halogenated alkanes) is 1. The first-order valence-corrected chi connectivity index (χ1v) is 5.99. The molecule has 0 fully saturated rings. The van der Waals surface area contributed by atoms with E-state index < -0.39 is 0 Å². The van der Waals surface area contributed by atoms with Crippen LogP contribution in [0.15, 0.2) is 35.5 Å². The summed E-state index contributed by atoms with van der Waals surface area (Å²) in [7, 11) is 0. The predicted molar refractivity (Wildman–Crippen MR) is 71.1 cm³/mol. The lowest BCUT2D eigenvalue weighted by Gasteiger charge is -2.06. The van der Waals surface area contributed by atoms with Gasteiger partial charge in [0.25, 0.3) is 0 Å². The molecule has 0 N–H and O–H groups in total. The second-order valence-electron chi connectivity index (χ2n) is 4.43. The van der Waals surface area contributed by atoms with Crippen molar-refractivity contribution in [2.24, 2.45) is 0 Å². The van der Waals surface area contributed by atoms with Crippen molar-refractivity contribution in [2.75, 3.05) is 0 Å². The maximum absolute atomic E-state index is 3.78. The highest BCUT2D eigenvalue weighted by Gasteiger charge is 1.96. The van der Waals surface area contributed by atoms with E-state index in [-0.39, 0.29) is 0 Å². The topological polar surface area (TPSA) is 0 Å². The van der Waals surface area contributed by atoms with Gasteiger partial charge in [0.05, 0.1) is 0 Å². The quantitative estimate of drug-likeness (QED) is 0.385. The molecule has 15 heavy (non-hydrogen) atoms. The van der Waals surface area contributed by atoms with Crippen LogP contribution in [-0.4, -0.2) is 0 Å². The number of rotatable bonds is 7. The van der Waals surface area contributed by atoms with Crippen molar-refractivity contribution >= 4 is 0 Å². The number of hydrogen-bond acceptors (Lipinski definition) is 0. The molecule has 0 aliphatic heterocycles. The zero-order chi connectivity index (χ0) is 11.7. The SMILES string of the molecule is C=CC/C(=C/C)CCCCC(C)=C(C)C. The van der Waals surface area contributed by atoms with Crippen molar-refractivity contribution in [1.82, 2.24) is 0 Å². The third-order valence-electron chi connectivity index (χ3n) is 2.97. The zero-order valence-electron chi connectivity index (χ0n) is 10.9. The van der Waals surface area contributed by atoms with Crippen molar-refractivity contribution in [3.05, 3.63) is 35.5 Å². The van der Waals surface area contributed by atoms with Gasteiger partial charge in [0, 0.05) is 0 Å². The number of allylic oxidation sites excluding steroid dienone is 5. The van der Waals surface area contributed by atoms with E-state index in [9.17, 15) is 0 Å². The van der Waals surface area contributed by atoms with Crippen LogP contribution in [0, 0.1) is 0 Å². The fraction of sp³-hybridized carbons (Fsp3) is 0.600. The van der Waals surface area contributed by atoms with Gasteiger partial charge in [-0.05, 0) is 59.8 Å². The van der Waals surface area contributed by atoms with Crippen LogP contribution in [0.25, 0.3) is 0 Å². The molecule has 0 atom stereocenters. The lowest BCUT2D eigenvalue weighted by molar-refractivity contribution is 0.714. The van der Waals surface area contributed by atoms with Gasteiger partial charge < -0.3 is 0 Å². The summed E-state index contributed by atoms with van der Waals surface area (Å²) in [5.41, 5.74) is 4.56. The molecule has 0 rings (SSSR count). The van der Waals surface area contributed by atoms with E-state index in [1.54, 1.807) is 5.57 Å². The lowest BCUT2D eigenvalue weighted by Crippen LogP contribution is -1.86. The molecule has 0 aliphatic rings.